The molecule has 4 heteroatoms. The molecule has 20 heavy (non-hydrogen) atoms. The number of benzene rings is 2. The largest absolute Gasteiger partial charge is 0.506 e. The maximum absolute atomic E-state index is 9.65. The zero-order valence-corrected chi connectivity index (χ0v) is 14.2. The summed E-state index contributed by atoms with van der Waals surface area (Å²) in [6, 6.07) is 14.4. The van der Waals surface area contributed by atoms with E-state index >= 15 is 0 Å². The van der Waals surface area contributed by atoms with Gasteiger partial charge in [0, 0.05) is 6.54 Å². The standard InChI is InChI=1S/C16H17Br2NO/c17-14-9-13(10-15(18)16(14)20)11-19-8-4-7-12-5-2-1-3-6-12/h1-3,5-6,9-10,19-20H,4,7-8,11H2. The average Bonchev–Trinajstić information content (AvgIpc) is 2.45. The van der Waals surface area contributed by atoms with Crippen LogP contribution in [-0.2, 0) is 13.0 Å². The Morgan fingerprint density at radius 2 is 1.60 bits per heavy atom. The Morgan fingerprint density at radius 3 is 2.25 bits per heavy atom. The van der Waals surface area contributed by atoms with Gasteiger partial charge in [-0.15, -0.1) is 0 Å². The molecule has 0 saturated heterocycles. The molecule has 0 heterocycles. The minimum absolute atomic E-state index is 0.248. The van der Waals surface area contributed by atoms with E-state index in [1.807, 2.05) is 18.2 Å². The predicted molar refractivity (Wildman–Crippen MR) is 90.0 cm³/mol. The molecule has 2 N–H and O–H groups in total. The number of aromatic hydroxyl groups is 1. The fraction of sp³-hybridized carbons (Fsp3) is 0.250. The highest BCUT2D eigenvalue weighted by atomic mass is 79.9. The number of phenolic OH excluding ortho intramolecular Hbond substituents is 1. The number of phenols is 1. The first-order chi connectivity index (χ1) is 9.66. The summed E-state index contributed by atoms with van der Waals surface area (Å²) in [4.78, 5) is 0. The summed E-state index contributed by atoms with van der Waals surface area (Å²) in [5.41, 5.74) is 2.52. The van der Waals surface area contributed by atoms with E-state index in [-0.39, 0.29) is 5.75 Å². The van der Waals surface area contributed by atoms with E-state index < -0.39 is 0 Å². The van der Waals surface area contributed by atoms with Gasteiger partial charge in [-0.3, -0.25) is 0 Å². The van der Waals surface area contributed by atoms with Crippen LogP contribution in [0.4, 0.5) is 0 Å². The average molecular weight is 399 g/mol. The Hall–Kier alpha value is -0.840. The van der Waals surface area contributed by atoms with Crippen LogP contribution < -0.4 is 5.32 Å². The lowest BCUT2D eigenvalue weighted by molar-refractivity contribution is 0.468. The third-order valence-electron chi connectivity index (χ3n) is 3.07. The van der Waals surface area contributed by atoms with Gasteiger partial charge in [-0.1, -0.05) is 30.3 Å². The highest BCUT2D eigenvalue weighted by Gasteiger charge is 2.05. The van der Waals surface area contributed by atoms with Gasteiger partial charge in [0.25, 0.3) is 0 Å². The van der Waals surface area contributed by atoms with Gasteiger partial charge in [-0.25, -0.2) is 0 Å². The van der Waals surface area contributed by atoms with Crippen molar-refractivity contribution in [1.29, 1.82) is 0 Å². The fourth-order valence-electron chi connectivity index (χ4n) is 2.01. The quantitative estimate of drug-likeness (QED) is 0.694. The van der Waals surface area contributed by atoms with E-state index in [0.717, 1.165) is 31.5 Å². The van der Waals surface area contributed by atoms with Gasteiger partial charge in [0.2, 0.25) is 0 Å². The summed E-state index contributed by atoms with van der Waals surface area (Å²) in [5, 5.41) is 13.1. The number of halogens is 2. The number of hydrogen-bond donors (Lipinski definition) is 2. The molecule has 2 aromatic carbocycles. The van der Waals surface area contributed by atoms with Crippen LogP contribution in [0.15, 0.2) is 51.4 Å². The molecule has 0 radical (unpaired) electrons. The van der Waals surface area contributed by atoms with Gasteiger partial charge < -0.3 is 10.4 Å². The minimum atomic E-state index is 0.248. The lowest BCUT2D eigenvalue weighted by atomic mass is 10.1. The number of aryl methyl sites for hydroxylation is 1. The molecular formula is C16H17Br2NO. The van der Waals surface area contributed by atoms with Crippen LogP contribution in [0, 0.1) is 0 Å². The Kier molecular flexibility index (Phi) is 6.07. The van der Waals surface area contributed by atoms with Crippen molar-refractivity contribution in [1.82, 2.24) is 5.32 Å². The SMILES string of the molecule is Oc1c(Br)cc(CNCCCc2ccccc2)cc1Br. The van der Waals surface area contributed by atoms with Crippen molar-refractivity contribution in [3.05, 3.63) is 62.5 Å². The molecule has 0 aliphatic rings. The van der Waals surface area contributed by atoms with Crippen molar-refractivity contribution < 1.29 is 5.11 Å². The lowest BCUT2D eigenvalue weighted by Crippen LogP contribution is -2.15. The Balaban J connectivity index is 1.74. The predicted octanol–water partition coefficient (Wildman–Crippen LogP) is 4.64. The van der Waals surface area contributed by atoms with Crippen LogP contribution >= 0.6 is 31.9 Å². The topological polar surface area (TPSA) is 32.3 Å². The smallest absolute Gasteiger partial charge is 0.143 e. The zero-order valence-electron chi connectivity index (χ0n) is 11.1. The molecule has 0 aromatic heterocycles. The molecule has 0 aliphatic heterocycles. The first-order valence-corrected chi connectivity index (χ1v) is 8.17. The monoisotopic (exact) mass is 397 g/mol. The van der Waals surface area contributed by atoms with Crippen molar-refractivity contribution in [2.75, 3.05) is 6.54 Å². The number of rotatable bonds is 6. The number of nitrogens with one attached hydrogen (secondary N) is 1. The van der Waals surface area contributed by atoms with Gasteiger partial charge in [0.1, 0.15) is 5.75 Å². The summed E-state index contributed by atoms with van der Waals surface area (Å²) in [7, 11) is 0. The van der Waals surface area contributed by atoms with Crippen molar-refractivity contribution >= 4 is 31.9 Å². The van der Waals surface area contributed by atoms with Gasteiger partial charge in [0.15, 0.2) is 0 Å². The molecule has 0 spiro atoms. The first-order valence-electron chi connectivity index (χ1n) is 6.58. The van der Waals surface area contributed by atoms with E-state index in [0.29, 0.717) is 8.95 Å². The maximum atomic E-state index is 9.65. The molecule has 2 aromatic rings. The molecule has 0 unspecified atom stereocenters. The van der Waals surface area contributed by atoms with Crippen LogP contribution in [0.2, 0.25) is 0 Å². The van der Waals surface area contributed by atoms with E-state index in [2.05, 4.69) is 61.4 Å². The summed E-state index contributed by atoms with van der Waals surface area (Å²) in [6.45, 7) is 1.78. The second kappa shape index (κ2) is 7.81. The summed E-state index contributed by atoms with van der Waals surface area (Å²) < 4.78 is 1.43. The zero-order chi connectivity index (χ0) is 14.4. The molecule has 0 saturated carbocycles. The van der Waals surface area contributed by atoms with Gasteiger partial charge >= 0.3 is 0 Å². The highest BCUT2D eigenvalue weighted by Crippen LogP contribution is 2.33. The first kappa shape index (κ1) is 15.5. The van der Waals surface area contributed by atoms with Crippen molar-refractivity contribution in [2.24, 2.45) is 0 Å². The Morgan fingerprint density at radius 1 is 0.950 bits per heavy atom. The molecule has 0 amide bonds. The molecule has 2 rings (SSSR count). The second-order valence-electron chi connectivity index (χ2n) is 4.67. The van der Waals surface area contributed by atoms with Crippen LogP contribution in [0.5, 0.6) is 5.75 Å². The highest BCUT2D eigenvalue weighted by molar-refractivity contribution is 9.11. The third-order valence-corrected chi connectivity index (χ3v) is 4.28. The normalized spacial score (nSPS) is 10.7. The van der Waals surface area contributed by atoms with Crippen molar-refractivity contribution in [3.63, 3.8) is 0 Å². The molecule has 106 valence electrons. The summed E-state index contributed by atoms with van der Waals surface area (Å²) in [6.07, 6.45) is 2.21. The van der Waals surface area contributed by atoms with Crippen LogP contribution in [-0.4, -0.2) is 11.7 Å². The Bertz CT molecular complexity index is 535. The molecule has 0 bridgehead atoms. The van der Waals surface area contributed by atoms with Crippen molar-refractivity contribution in [2.45, 2.75) is 19.4 Å². The minimum Gasteiger partial charge on any atom is -0.506 e. The van der Waals surface area contributed by atoms with E-state index in [1.165, 1.54) is 5.56 Å². The molecule has 0 fully saturated rings. The van der Waals surface area contributed by atoms with E-state index in [4.69, 9.17) is 0 Å². The van der Waals surface area contributed by atoms with Gasteiger partial charge in [-0.2, -0.15) is 0 Å². The number of hydrogen-bond acceptors (Lipinski definition) is 2. The van der Waals surface area contributed by atoms with E-state index in [9.17, 15) is 5.11 Å². The molecule has 2 nitrogen and oxygen atoms in total. The summed E-state index contributed by atoms with van der Waals surface area (Å²) in [5.74, 6) is 0.248. The van der Waals surface area contributed by atoms with E-state index in [1.54, 1.807) is 0 Å². The lowest BCUT2D eigenvalue weighted by Gasteiger charge is -2.08. The Labute approximate surface area is 136 Å². The molecule has 0 atom stereocenters. The van der Waals surface area contributed by atoms with Crippen molar-refractivity contribution in [3.8, 4) is 5.75 Å². The second-order valence-corrected chi connectivity index (χ2v) is 6.38. The van der Waals surface area contributed by atoms with Crippen LogP contribution in [0.25, 0.3) is 0 Å². The molecule has 0 aliphatic carbocycles. The molecular weight excluding hydrogens is 382 g/mol. The van der Waals surface area contributed by atoms with Crippen LogP contribution in [0.1, 0.15) is 17.5 Å². The fourth-order valence-corrected chi connectivity index (χ4v) is 3.30. The van der Waals surface area contributed by atoms with Gasteiger partial charge in [-0.05, 0) is 74.5 Å². The maximum Gasteiger partial charge on any atom is 0.143 e. The van der Waals surface area contributed by atoms with Gasteiger partial charge in [0.05, 0.1) is 8.95 Å². The summed E-state index contributed by atoms with van der Waals surface area (Å²) >= 11 is 6.68. The third kappa shape index (κ3) is 4.62. The van der Waals surface area contributed by atoms with Crippen LogP contribution in [0.3, 0.4) is 0 Å².